The molecule has 1 N–H and O–H groups in total. The molecule has 66 valence electrons. The summed E-state index contributed by atoms with van der Waals surface area (Å²) in [7, 11) is 1.60. The molecule has 4 heteroatoms. The Morgan fingerprint density at radius 2 is 1.73 bits per heavy atom. The molecule has 0 unspecified atom stereocenters. The van der Waals surface area contributed by atoms with Gasteiger partial charge in [0.2, 0.25) is 5.91 Å². The smallest absolute Gasteiger partial charge is 0.302 e. The molecule has 0 saturated heterocycles. The zero-order valence-electron chi connectivity index (χ0n) is 7.43. The zero-order valence-corrected chi connectivity index (χ0v) is 7.43. The van der Waals surface area contributed by atoms with Gasteiger partial charge in [0.15, 0.2) is 0 Å². The summed E-state index contributed by atoms with van der Waals surface area (Å²) < 4.78 is 4.40. The van der Waals surface area contributed by atoms with Crippen LogP contribution < -0.4 is 5.32 Å². The molecule has 0 saturated carbocycles. The average Bonchev–Trinajstić information content (AvgIpc) is 1.89. The van der Waals surface area contributed by atoms with Crippen molar-refractivity contribution in [2.24, 2.45) is 0 Å². The van der Waals surface area contributed by atoms with Crippen molar-refractivity contribution in [1.82, 2.24) is 5.32 Å². The number of rotatable bonds is 1. The molecule has 1 amide bonds. The number of ether oxygens (including phenoxy) is 1. The quantitative estimate of drug-likeness (QED) is 0.563. The highest BCUT2D eigenvalue weighted by molar-refractivity contribution is 5.72. The van der Waals surface area contributed by atoms with Crippen molar-refractivity contribution >= 4 is 11.9 Å². The van der Waals surface area contributed by atoms with E-state index in [4.69, 9.17) is 0 Å². The first-order valence-corrected chi connectivity index (χ1v) is 3.36. The molecule has 0 aliphatic carbocycles. The number of amides is 1. The van der Waals surface area contributed by atoms with Gasteiger partial charge in [0, 0.05) is 20.9 Å². The summed E-state index contributed by atoms with van der Waals surface area (Å²) in [6, 6.07) is 0. The monoisotopic (exact) mass is 161 g/mol. The normalized spacial score (nSPS) is 7.27. The van der Waals surface area contributed by atoms with Crippen molar-refractivity contribution in [3.63, 3.8) is 0 Å². The van der Waals surface area contributed by atoms with Crippen molar-refractivity contribution in [2.45, 2.75) is 20.8 Å². The van der Waals surface area contributed by atoms with Crippen LogP contribution in [-0.2, 0) is 14.3 Å². The van der Waals surface area contributed by atoms with Gasteiger partial charge < -0.3 is 10.1 Å². The first kappa shape index (κ1) is 12.6. The van der Waals surface area contributed by atoms with E-state index < -0.39 is 0 Å². The van der Waals surface area contributed by atoms with Crippen molar-refractivity contribution in [1.29, 1.82) is 0 Å². The van der Waals surface area contributed by atoms with E-state index in [2.05, 4.69) is 10.1 Å². The third-order valence-corrected chi connectivity index (χ3v) is 0.700. The molecule has 0 heterocycles. The molecule has 0 atom stereocenters. The maximum atomic E-state index is 9.82. The predicted octanol–water partition coefficient (Wildman–Crippen LogP) is 0.322. The van der Waals surface area contributed by atoms with Crippen LogP contribution in [-0.4, -0.2) is 25.5 Å². The van der Waals surface area contributed by atoms with Crippen LogP contribution in [0.2, 0.25) is 0 Å². The minimum atomic E-state index is -0.211. The van der Waals surface area contributed by atoms with Crippen LogP contribution in [0.4, 0.5) is 0 Å². The number of carbonyl (C=O) groups is 2. The fourth-order valence-electron chi connectivity index (χ4n) is 0.203. The molecule has 0 aromatic carbocycles. The number of hydrogen-bond donors (Lipinski definition) is 1. The maximum Gasteiger partial charge on any atom is 0.302 e. The number of hydrogen-bond acceptors (Lipinski definition) is 3. The van der Waals surface area contributed by atoms with Gasteiger partial charge >= 0.3 is 5.97 Å². The molecule has 0 fully saturated rings. The largest absolute Gasteiger partial charge is 0.466 e. The van der Waals surface area contributed by atoms with Gasteiger partial charge in [0.05, 0.1) is 6.61 Å². The lowest BCUT2D eigenvalue weighted by Crippen LogP contribution is -2.11. The van der Waals surface area contributed by atoms with Crippen LogP contribution in [0.25, 0.3) is 0 Å². The summed E-state index contributed by atoms with van der Waals surface area (Å²) in [6.45, 7) is 5.13. The molecule has 0 aliphatic rings. The zero-order chi connectivity index (χ0) is 9.28. The van der Waals surface area contributed by atoms with Crippen LogP contribution in [0, 0.1) is 0 Å². The standard InChI is InChI=1S/C4H8O2.C3H7NO/c1-3-6-4(2)5;1-3(5)4-2/h3H2,1-2H3;1-2H3,(H,4,5). The van der Waals surface area contributed by atoms with E-state index in [0.717, 1.165) is 0 Å². The van der Waals surface area contributed by atoms with Crippen LogP contribution in [0.5, 0.6) is 0 Å². The lowest BCUT2D eigenvalue weighted by molar-refractivity contribution is -0.140. The second kappa shape index (κ2) is 8.94. The van der Waals surface area contributed by atoms with Gasteiger partial charge in [0.25, 0.3) is 0 Å². The average molecular weight is 161 g/mol. The Labute approximate surface area is 66.9 Å². The number of esters is 1. The first-order valence-electron chi connectivity index (χ1n) is 3.36. The van der Waals surface area contributed by atoms with Gasteiger partial charge in [0.1, 0.15) is 0 Å². The number of carbonyl (C=O) groups excluding carboxylic acids is 2. The van der Waals surface area contributed by atoms with Gasteiger partial charge in [-0.15, -0.1) is 0 Å². The van der Waals surface area contributed by atoms with E-state index in [1.165, 1.54) is 13.8 Å². The third-order valence-electron chi connectivity index (χ3n) is 0.700. The Morgan fingerprint density at radius 1 is 1.36 bits per heavy atom. The summed E-state index contributed by atoms with van der Waals surface area (Å²) in [4.78, 5) is 19.5. The van der Waals surface area contributed by atoms with Crippen molar-refractivity contribution in [3.8, 4) is 0 Å². The highest BCUT2D eigenvalue weighted by Crippen LogP contribution is 1.69. The molecular formula is C7H15NO3. The molecule has 0 rings (SSSR count). The van der Waals surface area contributed by atoms with Gasteiger partial charge in [-0.25, -0.2) is 0 Å². The Bertz CT molecular complexity index is 123. The highest BCUT2D eigenvalue weighted by Gasteiger charge is 1.81. The molecule has 4 nitrogen and oxygen atoms in total. The van der Waals surface area contributed by atoms with Crippen LogP contribution in [0.15, 0.2) is 0 Å². The van der Waals surface area contributed by atoms with E-state index in [1.807, 2.05) is 0 Å². The Kier molecular flexibility index (Phi) is 10.2. The molecule has 11 heavy (non-hydrogen) atoms. The predicted molar refractivity (Wildman–Crippen MR) is 42.0 cm³/mol. The molecule has 0 aromatic rings. The van der Waals surface area contributed by atoms with E-state index >= 15 is 0 Å². The Hall–Kier alpha value is -1.06. The van der Waals surface area contributed by atoms with Crippen molar-refractivity contribution < 1.29 is 14.3 Å². The topological polar surface area (TPSA) is 55.4 Å². The molecule has 0 spiro atoms. The molecule has 0 aromatic heterocycles. The third kappa shape index (κ3) is 27.7. The minimum absolute atomic E-state index is 0.00463. The minimum Gasteiger partial charge on any atom is -0.466 e. The second-order valence-electron chi connectivity index (χ2n) is 1.73. The Morgan fingerprint density at radius 3 is 1.73 bits per heavy atom. The van der Waals surface area contributed by atoms with Gasteiger partial charge in [-0.05, 0) is 6.92 Å². The lowest BCUT2D eigenvalue weighted by Gasteiger charge is -1.89. The molecule has 0 aliphatic heterocycles. The first-order chi connectivity index (χ1) is 5.04. The molecule has 0 radical (unpaired) electrons. The van der Waals surface area contributed by atoms with Crippen LogP contribution in [0.1, 0.15) is 20.8 Å². The fourth-order valence-corrected chi connectivity index (χ4v) is 0.203. The fraction of sp³-hybridized carbons (Fsp3) is 0.714. The number of nitrogens with one attached hydrogen (secondary N) is 1. The lowest BCUT2D eigenvalue weighted by atomic mass is 10.7. The molecule has 0 bridgehead atoms. The summed E-state index contributed by atoms with van der Waals surface area (Å²) in [5.74, 6) is -0.206. The van der Waals surface area contributed by atoms with Gasteiger partial charge in [-0.2, -0.15) is 0 Å². The van der Waals surface area contributed by atoms with Crippen molar-refractivity contribution in [2.75, 3.05) is 13.7 Å². The van der Waals surface area contributed by atoms with E-state index in [-0.39, 0.29) is 11.9 Å². The Balaban J connectivity index is 0. The SMILES string of the molecule is CCOC(C)=O.CNC(C)=O. The second-order valence-corrected chi connectivity index (χ2v) is 1.73. The summed E-state index contributed by atoms with van der Waals surface area (Å²) in [5, 5.41) is 2.39. The van der Waals surface area contributed by atoms with Crippen LogP contribution in [0.3, 0.4) is 0 Å². The van der Waals surface area contributed by atoms with Crippen molar-refractivity contribution in [3.05, 3.63) is 0 Å². The maximum absolute atomic E-state index is 9.82. The summed E-state index contributed by atoms with van der Waals surface area (Å²) in [6.07, 6.45) is 0. The summed E-state index contributed by atoms with van der Waals surface area (Å²) in [5.41, 5.74) is 0. The summed E-state index contributed by atoms with van der Waals surface area (Å²) >= 11 is 0. The molecular weight excluding hydrogens is 146 g/mol. The van der Waals surface area contributed by atoms with E-state index in [0.29, 0.717) is 6.61 Å². The van der Waals surface area contributed by atoms with E-state index in [9.17, 15) is 9.59 Å². The highest BCUT2D eigenvalue weighted by atomic mass is 16.5. The van der Waals surface area contributed by atoms with Gasteiger partial charge in [-0.3, -0.25) is 9.59 Å². The van der Waals surface area contributed by atoms with Gasteiger partial charge in [-0.1, -0.05) is 0 Å². The van der Waals surface area contributed by atoms with Crippen LogP contribution >= 0.6 is 0 Å². The van der Waals surface area contributed by atoms with E-state index in [1.54, 1.807) is 14.0 Å².